The number of hydrogen-bond donors (Lipinski definition) is 1. The van der Waals surface area contributed by atoms with Crippen molar-refractivity contribution in [2.24, 2.45) is 0 Å². The van der Waals surface area contributed by atoms with Gasteiger partial charge in [0.1, 0.15) is 5.82 Å². The van der Waals surface area contributed by atoms with Gasteiger partial charge >= 0.3 is 6.03 Å². The first kappa shape index (κ1) is 11.5. The van der Waals surface area contributed by atoms with Crippen molar-refractivity contribution in [3.63, 3.8) is 0 Å². The van der Waals surface area contributed by atoms with Crippen LogP contribution in [0.4, 0.5) is 9.18 Å². The van der Waals surface area contributed by atoms with E-state index in [2.05, 4.69) is 5.32 Å². The molecular weight excluding hydrogens is 195 g/mol. The van der Waals surface area contributed by atoms with Crippen molar-refractivity contribution in [2.45, 2.75) is 13.5 Å². The maximum absolute atomic E-state index is 12.6. The molecule has 0 spiro atoms. The summed E-state index contributed by atoms with van der Waals surface area (Å²) in [5.74, 6) is -0.264. The van der Waals surface area contributed by atoms with E-state index in [1.165, 1.54) is 12.1 Å². The Morgan fingerprint density at radius 2 is 2.00 bits per heavy atom. The largest absolute Gasteiger partial charge is 0.338 e. The van der Waals surface area contributed by atoms with Crippen molar-refractivity contribution in [1.29, 1.82) is 0 Å². The first-order chi connectivity index (χ1) is 7.13. The van der Waals surface area contributed by atoms with Crippen LogP contribution in [0.2, 0.25) is 0 Å². The van der Waals surface area contributed by atoms with Gasteiger partial charge in [-0.1, -0.05) is 12.1 Å². The summed E-state index contributed by atoms with van der Waals surface area (Å²) in [5.41, 5.74) is 0.908. The molecule has 0 aliphatic carbocycles. The van der Waals surface area contributed by atoms with Gasteiger partial charge in [0.15, 0.2) is 0 Å². The molecule has 0 radical (unpaired) electrons. The molecule has 0 saturated carbocycles. The van der Waals surface area contributed by atoms with Gasteiger partial charge in [-0.15, -0.1) is 0 Å². The predicted octanol–water partition coefficient (Wildman–Crippen LogP) is 1.99. The second-order valence-electron chi connectivity index (χ2n) is 3.32. The highest BCUT2D eigenvalue weighted by molar-refractivity contribution is 5.73. The third kappa shape index (κ3) is 3.58. The number of rotatable bonds is 3. The molecule has 4 heteroatoms. The summed E-state index contributed by atoms with van der Waals surface area (Å²) in [7, 11) is 1.70. The summed E-state index contributed by atoms with van der Waals surface area (Å²) in [6, 6.07) is 6.00. The van der Waals surface area contributed by atoms with Gasteiger partial charge in [0.05, 0.1) is 0 Å². The topological polar surface area (TPSA) is 32.3 Å². The minimum Gasteiger partial charge on any atom is -0.338 e. The Bertz CT molecular complexity index is 324. The van der Waals surface area contributed by atoms with Crippen LogP contribution in [0.15, 0.2) is 24.3 Å². The molecule has 0 atom stereocenters. The molecule has 0 bridgehead atoms. The van der Waals surface area contributed by atoms with E-state index in [1.807, 2.05) is 6.92 Å². The van der Waals surface area contributed by atoms with Crippen molar-refractivity contribution in [3.05, 3.63) is 35.6 Å². The van der Waals surface area contributed by atoms with Crippen LogP contribution >= 0.6 is 0 Å². The van der Waals surface area contributed by atoms with Crippen LogP contribution in [0, 0.1) is 5.82 Å². The molecule has 1 aromatic carbocycles. The number of benzene rings is 1. The van der Waals surface area contributed by atoms with Crippen molar-refractivity contribution < 1.29 is 9.18 Å². The van der Waals surface area contributed by atoms with Gasteiger partial charge in [0, 0.05) is 20.1 Å². The van der Waals surface area contributed by atoms with E-state index in [4.69, 9.17) is 0 Å². The van der Waals surface area contributed by atoms with Gasteiger partial charge in [-0.2, -0.15) is 0 Å². The molecule has 0 aliphatic rings. The zero-order chi connectivity index (χ0) is 11.3. The van der Waals surface area contributed by atoms with Gasteiger partial charge in [0.2, 0.25) is 0 Å². The van der Waals surface area contributed by atoms with E-state index >= 15 is 0 Å². The molecular formula is C11H15FN2O. The highest BCUT2D eigenvalue weighted by atomic mass is 19.1. The van der Waals surface area contributed by atoms with Crippen molar-refractivity contribution in [3.8, 4) is 0 Å². The number of halogens is 1. The monoisotopic (exact) mass is 210 g/mol. The lowest BCUT2D eigenvalue weighted by Gasteiger charge is -2.17. The zero-order valence-electron chi connectivity index (χ0n) is 8.96. The minimum atomic E-state index is -0.264. The normalized spacial score (nSPS) is 9.80. The van der Waals surface area contributed by atoms with Gasteiger partial charge in [-0.05, 0) is 24.6 Å². The van der Waals surface area contributed by atoms with Crippen LogP contribution in [0.5, 0.6) is 0 Å². The van der Waals surface area contributed by atoms with Gasteiger partial charge < -0.3 is 10.2 Å². The highest BCUT2D eigenvalue weighted by Gasteiger charge is 2.06. The van der Waals surface area contributed by atoms with Crippen LogP contribution in [0.3, 0.4) is 0 Å². The molecule has 1 N–H and O–H groups in total. The maximum atomic E-state index is 12.6. The third-order valence-corrected chi connectivity index (χ3v) is 2.01. The number of nitrogens with one attached hydrogen (secondary N) is 1. The summed E-state index contributed by atoms with van der Waals surface area (Å²) in [5, 5.41) is 2.69. The first-order valence-corrected chi connectivity index (χ1v) is 4.87. The molecule has 0 saturated heterocycles. The van der Waals surface area contributed by atoms with E-state index in [1.54, 1.807) is 24.1 Å². The molecule has 0 fully saturated rings. The lowest BCUT2D eigenvalue weighted by Crippen LogP contribution is -2.36. The maximum Gasteiger partial charge on any atom is 0.317 e. The SMILES string of the molecule is CCNC(=O)N(C)Cc1ccc(F)cc1. The van der Waals surface area contributed by atoms with Crippen molar-refractivity contribution >= 4 is 6.03 Å². The fourth-order valence-electron chi connectivity index (χ4n) is 1.22. The molecule has 0 heterocycles. The fraction of sp³-hybridized carbons (Fsp3) is 0.364. The van der Waals surface area contributed by atoms with Gasteiger partial charge in [0.25, 0.3) is 0 Å². The number of carbonyl (C=O) groups excluding carboxylic acids is 1. The number of carbonyl (C=O) groups is 1. The quantitative estimate of drug-likeness (QED) is 0.813. The number of urea groups is 1. The number of amides is 2. The molecule has 0 aromatic heterocycles. The molecule has 1 aromatic rings. The fourth-order valence-corrected chi connectivity index (χ4v) is 1.22. The highest BCUT2D eigenvalue weighted by Crippen LogP contribution is 2.05. The lowest BCUT2D eigenvalue weighted by atomic mass is 10.2. The van der Waals surface area contributed by atoms with E-state index in [-0.39, 0.29) is 11.8 Å². The smallest absolute Gasteiger partial charge is 0.317 e. The summed E-state index contributed by atoms with van der Waals surface area (Å²) in [6.45, 7) is 2.95. The predicted molar refractivity (Wildman–Crippen MR) is 56.9 cm³/mol. The Morgan fingerprint density at radius 3 is 2.53 bits per heavy atom. The second kappa shape index (κ2) is 5.34. The number of nitrogens with zero attached hydrogens (tertiary/aromatic N) is 1. The van der Waals surface area contributed by atoms with E-state index in [0.29, 0.717) is 13.1 Å². The Hall–Kier alpha value is -1.58. The van der Waals surface area contributed by atoms with Crippen molar-refractivity contribution in [1.82, 2.24) is 10.2 Å². The summed E-state index contributed by atoms with van der Waals surface area (Å²) in [6.07, 6.45) is 0. The average Bonchev–Trinajstić information content (AvgIpc) is 2.22. The Kier molecular flexibility index (Phi) is 4.09. The third-order valence-electron chi connectivity index (χ3n) is 2.01. The Morgan fingerprint density at radius 1 is 1.40 bits per heavy atom. The Balaban J connectivity index is 2.54. The van der Waals surface area contributed by atoms with Crippen LogP contribution in [0.25, 0.3) is 0 Å². The zero-order valence-corrected chi connectivity index (χ0v) is 8.96. The standard InChI is InChI=1S/C11H15FN2O/c1-3-13-11(15)14(2)8-9-4-6-10(12)7-5-9/h4-7H,3,8H2,1-2H3,(H,13,15). The van der Waals surface area contributed by atoms with Crippen molar-refractivity contribution in [2.75, 3.05) is 13.6 Å². The van der Waals surface area contributed by atoms with Crippen LogP contribution < -0.4 is 5.32 Å². The molecule has 0 aliphatic heterocycles. The van der Waals surface area contributed by atoms with Crippen LogP contribution in [0.1, 0.15) is 12.5 Å². The van der Waals surface area contributed by atoms with Crippen LogP contribution in [-0.4, -0.2) is 24.5 Å². The molecule has 0 unspecified atom stereocenters. The molecule has 1 rings (SSSR count). The van der Waals surface area contributed by atoms with E-state index < -0.39 is 0 Å². The average molecular weight is 210 g/mol. The molecule has 2 amide bonds. The summed E-state index contributed by atoms with van der Waals surface area (Å²) < 4.78 is 12.6. The second-order valence-corrected chi connectivity index (χ2v) is 3.32. The Labute approximate surface area is 88.9 Å². The first-order valence-electron chi connectivity index (χ1n) is 4.87. The number of hydrogen-bond acceptors (Lipinski definition) is 1. The minimum absolute atomic E-state index is 0.123. The molecule has 3 nitrogen and oxygen atoms in total. The molecule has 15 heavy (non-hydrogen) atoms. The van der Waals surface area contributed by atoms with Gasteiger partial charge in [-0.3, -0.25) is 0 Å². The lowest BCUT2D eigenvalue weighted by molar-refractivity contribution is 0.207. The summed E-state index contributed by atoms with van der Waals surface area (Å²) >= 11 is 0. The van der Waals surface area contributed by atoms with Gasteiger partial charge in [-0.25, -0.2) is 9.18 Å². The van der Waals surface area contributed by atoms with E-state index in [0.717, 1.165) is 5.56 Å². The summed E-state index contributed by atoms with van der Waals surface area (Å²) in [4.78, 5) is 12.9. The van der Waals surface area contributed by atoms with E-state index in [9.17, 15) is 9.18 Å². The van der Waals surface area contributed by atoms with Crippen LogP contribution in [-0.2, 0) is 6.54 Å². The molecule has 82 valence electrons.